The van der Waals surface area contributed by atoms with E-state index in [2.05, 4.69) is 14.9 Å². The molecule has 9 heteroatoms. The molecule has 0 unspecified atom stereocenters. The van der Waals surface area contributed by atoms with Crippen LogP contribution in [0, 0.1) is 11.3 Å². The van der Waals surface area contributed by atoms with Crippen LogP contribution in [0.4, 0.5) is 5.69 Å². The van der Waals surface area contributed by atoms with E-state index in [1.807, 2.05) is 6.07 Å². The van der Waals surface area contributed by atoms with Crippen LogP contribution in [-0.2, 0) is 10.0 Å². The number of thiophene rings is 1. The van der Waals surface area contributed by atoms with Gasteiger partial charge in [-0.1, -0.05) is 24.1 Å². The number of nitrogens with zero attached hydrogens (tertiary/aromatic N) is 3. The number of benzene rings is 1. The van der Waals surface area contributed by atoms with E-state index in [-0.39, 0.29) is 4.21 Å². The van der Waals surface area contributed by atoms with Crippen molar-refractivity contribution in [3.8, 4) is 17.5 Å². The lowest BCUT2D eigenvalue weighted by Crippen LogP contribution is -2.11. The summed E-state index contributed by atoms with van der Waals surface area (Å²) in [6.07, 6.45) is 4.44. The summed E-state index contributed by atoms with van der Waals surface area (Å²) in [5, 5.41) is 14.6. The Labute approximate surface area is 160 Å². The molecular formula is C18H16N4O3S2. The lowest BCUT2D eigenvalue weighted by molar-refractivity contribution is 0.354. The van der Waals surface area contributed by atoms with Crippen LogP contribution in [0.1, 0.15) is 43.1 Å². The molecule has 1 aliphatic carbocycles. The van der Waals surface area contributed by atoms with E-state index >= 15 is 0 Å². The molecule has 4 rings (SSSR count). The molecule has 138 valence electrons. The van der Waals surface area contributed by atoms with E-state index in [4.69, 9.17) is 9.78 Å². The van der Waals surface area contributed by atoms with Gasteiger partial charge >= 0.3 is 0 Å². The summed E-state index contributed by atoms with van der Waals surface area (Å²) < 4.78 is 33.2. The van der Waals surface area contributed by atoms with E-state index in [9.17, 15) is 8.42 Å². The Morgan fingerprint density at radius 1 is 1.26 bits per heavy atom. The molecule has 1 aromatic carbocycles. The monoisotopic (exact) mass is 400 g/mol. The van der Waals surface area contributed by atoms with Gasteiger partial charge in [0.25, 0.3) is 10.0 Å². The Morgan fingerprint density at radius 2 is 2.07 bits per heavy atom. The fourth-order valence-corrected chi connectivity index (χ4v) is 5.33. The molecule has 0 atom stereocenters. The molecule has 1 aliphatic rings. The van der Waals surface area contributed by atoms with Crippen molar-refractivity contribution < 1.29 is 12.9 Å². The van der Waals surface area contributed by atoms with Gasteiger partial charge in [-0.2, -0.15) is 10.2 Å². The third-order valence-electron chi connectivity index (χ3n) is 4.49. The highest BCUT2D eigenvalue weighted by Gasteiger charge is 2.24. The maximum atomic E-state index is 12.6. The first kappa shape index (κ1) is 17.7. The van der Waals surface area contributed by atoms with Crippen molar-refractivity contribution in [2.24, 2.45) is 0 Å². The second-order valence-electron chi connectivity index (χ2n) is 6.39. The van der Waals surface area contributed by atoms with E-state index in [1.165, 1.54) is 25.0 Å². The molecule has 3 aromatic rings. The largest absolute Gasteiger partial charge is 0.339 e. The zero-order valence-corrected chi connectivity index (χ0v) is 15.9. The van der Waals surface area contributed by atoms with Crippen LogP contribution in [0.25, 0.3) is 11.4 Å². The number of anilines is 1. The first-order valence-electron chi connectivity index (χ1n) is 8.51. The van der Waals surface area contributed by atoms with E-state index < -0.39 is 10.0 Å². The van der Waals surface area contributed by atoms with Crippen LogP contribution in [0.5, 0.6) is 0 Å². The normalized spacial score (nSPS) is 14.9. The fourth-order valence-electron chi connectivity index (χ4n) is 3.12. The summed E-state index contributed by atoms with van der Waals surface area (Å²) in [7, 11) is -3.76. The highest BCUT2D eigenvalue weighted by molar-refractivity contribution is 7.94. The third kappa shape index (κ3) is 3.72. The summed E-state index contributed by atoms with van der Waals surface area (Å²) in [5.41, 5.74) is 1.33. The zero-order valence-electron chi connectivity index (χ0n) is 14.3. The first-order chi connectivity index (χ1) is 13.0. The number of nitrogens with one attached hydrogen (secondary N) is 1. The van der Waals surface area contributed by atoms with Crippen molar-refractivity contribution in [2.75, 3.05) is 4.72 Å². The minimum absolute atomic E-state index is 0.145. The summed E-state index contributed by atoms with van der Waals surface area (Å²) in [5.74, 6) is 1.34. The molecule has 1 saturated carbocycles. The standard InChI is InChI=1S/C18H16N4O3S2/c19-10-12-4-3-7-15(8-12)22-27(23,24)16-9-14(11-26-16)17-20-18(25-21-17)13-5-1-2-6-13/h3-4,7-9,11,13,22H,1-2,5-6H2. The number of hydrogen-bond acceptors (Lipinski definition) is 7. The van der Waals surface area contributed by atoms with Crippen LogP contribution in [0.3, 0.4) is 0 Å². The molecular weight excluding hydrogens is 384 g/mol. The predicted octanol–water partition coefficient (Wildman–Crippen LogP) is 4.13. The molecule has 0 amide bonds. The summed E-state index contributed by atoms with van der Waals surface area (Å²) in [6, 6.07) is 9.83. The molecule has 0 bridgehead atoms. The topological polar surface area (TPSA) is 109 Å². The number of nitriles is 1. The highest BCUT2D eigenvalue weighted by atomic mass is 32.2. The second-order valence-corrected chi connectivity index (χ2v) is 9.21. The second kappa shape index (κ2) is 7.13. The Kier molecular flexibility index (Phi) is 4.68. The zero-order chi connectivity index (χ0) is 18.9. The Hall–Kier alpha value is -2.70. The number of aromatic nitrogens is 2. The van der Waals surface area contributed by atoms with E-state index in [0.717, 1.165) is 24.2 Å². The lowest BCUT2D eigenvalue weighted by atomic mass is 10.1. The van der Waals surface area contributed by atoms with Gasteiger partial charge in [0, 0.05) is 16.9 Å². The number of hydrogen-bond donors (Lipinski definition) is 1. The summed E-state index contributed by atoms with van der Waals surface area (Å²) in [4.78, 5) is 4.44. The van der Waals surface area contributed by atoms with Crippen molar-refractivity contribution in [3.63, 3.8) is 0 Å². The van der Waals surface area contributed by atoms with E-state index in [0.29, 0.717) is 34.4 Å². The number of rotatable bonds is 5. The summed E-state index contributed by atoms with van der Waals surface area (Å²) >= 11 is 1.08. The van der Waals surface area contributed by atoms with Gasteiger partial charge in [-0.25, -0.2) is 8.42 Å². The molecule has 1 fully saturated rings. The Bertz CT molecular complexity index is 1110. The Balaban J connectivity index is 1.55. The van der Waals surface area contributed by atoms with Gasteiger partial charge in [0.1, 0.15) is 4.21 Å². The molecule has 27 heavy (non-hydrogen) atoms. The van der Waals surface area contributed by atoms with Gasteiger partial charge in [0.2, 0.25) is 11.7 Å². The molecule has 1 N–H and O–H groups in total. The molecule has 7 nitrogen and oxygen atoms in total. The van der Waals surface area contributed by atoms with Crippen LogP contribution < -0.4 is 4.72 Å². The first-order valence-corrected chi connectivity index (χ1v) is 10.9. The van der Waals surface area contributed by atoms with Gasteiger partial charge in [0.05, 0.1) is 17.3 Å². The molecule has 0 spiro atoms. The van der Waals surface area contributed by atoms with Gasteiger partial charge in [-0.3, -0.25) is 4.72 Å². The third-order valence-corrected chi connectivity index (χ3v) is 7.31. The molecule has 0 aliphatic heterocycles. The average Bonchev–Trinajstić information content (AvgIpc) is 3.41. The van der Waals surface area contributed by atoms with Gasteiger partial charge < -0.3 is 4.52 Å². The van der Waals surface area contributed by atoms with Gasteiger partial charge in [0.15, 0.2) is 0 Å². The van der Waals surface area contributed by atoms with Crippen molar-refractivity contribution in [1.82, 2.24) is 10.1 Å². The van der Waals surface area contributed by atoms with Crippen molar-refractivity contribution >= 4 is 27.0 Å². The van der Waals surface area contributed by atoms with Crippen LogP contribution in [-0.4, -0.2) is 18.6 Å². The molecule has 2 heterocycles. The van der Waals surface area contributed by atoms with E-state index in [1.54, 1.807) is 23.6 Å². The minimum atomic E-state index is -3.76. The average molecular weight is 400 g/mol. The van der Waals surface area contributed by atoms with Gasteiger partial charge in [-0.05, 0) is 37.1 Å². The highest BCUT2D eigenvalue weighted by Crippen LogP contribution is 2.35. The maximum Gasteiger partial charge on any atom is 0.271 e. The molecule has 2 aromatic heterocycles. The molecule has 0 radical (unpaired) electrons. The number of sulfonamides is 1. The van der Waals surface area contributed by atoms with Crippen molar-refractivity contribution in [3.05, 3.63) is 47.2 Å². The van der Waals surface area contributed by atoms with Crippen LogP contribution >= 0.6 is 11.3 Å². The van der Waals surface area contributed by atoms with Crippen molar-refractivity contribution in [1.29, 1.82) is 5.26 Å². The van der Waals surface area contributed by atoms with Crippen LogP contribution in [0.2, 0.25) is 0 Å². The quantitative estimate of drug-likeness (QED) is 0.690. The summed E-state index contributed by atoms with van der Waals surface area (Å²) in [6.45, 7) is 0. The smallest absolute Gasteiger partial charge is 0.271 e. The lowest BCUT2D eigenvalue weighted by Gasteiger charge is -2.05. The fraction of sp³-hybridized carbons (Fsp3) is 0.278. The molecule has 0 saturated heterocycles. The van der Waals surface area contributed by atoms with Crippen molar-refractivity contribution in [2.45, 2.75) is 35.8 Å². The van der Waals surface area contributed by atoms with Gasteiger partial charge in [-0.15, -0.1) is 11.3 Å². The Morgan fingerprint density at radius 3 is 2.85 bits per heavy atom. The van der Waals surface area contributed by atoms with Crippen LogP contribution in [0.15, 0.2) is 44.4 Å². The maximum absolute atomic E-state index is 12.6. The SMILES string of the molecule is N#Cc1cccc(NS(=O)(=O)c2cc(-c3noc(C4CCCC4)n3)cs2)c1. The predicted molar refractivity (Wildman–Crippen MR) is 101 cm³/mol. The minimum Gasteiger partial charge on any atom is -0.339 e.